The second-order valence-corrected chi connectivity index (χ2v) is 3.50. The van der Waals surface area contributed by atoms with E-state index in [1.54, 1.807) is 25.1 Å². The lowest BCUT2D eigenvalue weighted by Gasteiger charge is -2.13. The summed E-state index contributed by atoms with van der Waals surface area (Å²) in [6, 6.07) is 5.81. The molecule has 0 fully saturated rings. The summed E-state index contributed by atoms with van der Waals surface area (Å²) < 4.78 is 13.7. The Morgan fingerprint density at radius 2 is 2.13 bits per heavy atom. The van der Waals surface area contributed by atoms with E-state index in [4.69, 9.17) is 10.8 Å². The van der Waals surface area contributed by atoms with Crippen LogP contribution in [0.15, 0.2) is 24.3 Å². The van der Waals surface area contributed by atoms with E-state index in [0.29, 0.717) is 5.56 Å². The first-order valence-corrected chi connectivity index (χ1v) is 4.70. The number of carboxylic acids is 1. The molecule has 0 heterocycles. The summed E-state index contributed by atoms with van der Waals surface area (Å²) in [4.78, 5) is 10.5. The molecule has 0 amide bonds. The van der Waals surface area contributed by atoms with Gasteiger partial charge >= 0.3 is 5.97 Å². The average molecular weight is 211 g/mol. The quantitative estimate of drug-likeness (QED) is 0.798. The lowest BCUT2D eigenvalue weighted by atomic mass is 9.99. The van der Waals surface area contributed by atoms with Gasteiger partial charge in [0.15, 0.2) is 0 Å². The first-order chi connectivity index (χ1) is 7.02. The van der Waals surface area contributed by atoms with E-state index in [1.165, 1.54) is 0 Å². The van der Waals surface area contributed by atoms with Crippen LogP contribution in [0.5, 0.6) is 0 Å². The molecule has 0 aliphatic heterocycles. The normalized spacial score (nSPS) is 14.6. The van der Waals surface area contributed by atoms with Crippen molar-refractivity contribution in [3.8, 4) is 0 Å². The SMILES string of the molecule is Cc1ccccc1C(F)CC(N)C(=O)O. The number of aryl methyl sites for hydroxylation is 1. The topological polar surface area (TPSA) is 63.3 Å². The van der Waals surface area contributed by atoms with Crippen LogP contribution in [0.2, 0.25) is 0 Å². The highest BCUT2D eigenvalue weighted by Gasteiger charge is 2.20. The molecular weight excluding hydrogens is 197 g/mol. The first-order valence-electron chi connectivity index (χ1n) is 4.70. The van der Waals surface area contributed by atoms with Gasteiger partial charge in [-0.1, -0.05) is 24.3 Å². The average Bonchev–Trinajstić information content (AvgIpc) is 2.18. The Kier molecular flexibility index (Phi) is 3.80. The van der Waals surface area contributed by atoms with E-state index in [-0.39, 0.29) is 6.42 Å². The predicted octanol–water partition coefficient (Wildman–Crippen LogP) is 1.81. The summed E-state index contributed by atoms with van der Waals surface area (Å²) in [5.41, 5.74) is 6.58. The van der Waals surface area contributed by atoms with Crippen LogP contribution in [-0.4, -0.2) is 17.1 Å². The van der Waals surface area contributed by atoms with Crippen LogP contribution in [0.1, 0.15) is 23.7 Å². The smallest absolute Gasteiger partial charge is 0.320 e. The Balaban J connectivity index is 2.73. The number of carboxylic acid groups (broad SMARTS) is 1. The number of carbonyl (C=O) groups is 1. The molecule has 82 valence electrons. The molecule has 2 atom stereocenters. The molecule has 15 heavy (non-hydrogen) atoms. The van der Waals surface area contributed by atoms with E-state index < -0.39 is 18.2 Å². The van der Waals surface area contributed by atoms with Gasteiger partial charge in [-0.25, -0.2) is 4.39 Å². The summed E-state index contributed by atoms with van der Waals surface area (Å²) in [5.74, 6) is -1.17. The molecule has 3 nitrogen and oxygen atoms in total. The number of hydrogen-bond acceptors (Lipinski definition) is 2. The van der Waals surface area contributed by atoms with Crippen molar-refractivity contribution in [2.24, 2.45) is 5.73 Å². The molecule has 0 aliphatic carbocycles. The van der Waals surface area contributed by atoms with Gasteiger partial charge in [-0.15, -0.1) is 0 Å². The van der Waals surface area contributed by atoms with Crippen LogP contribution in [-0.2, 0) is 4.79 Å². The molecule has 0 aliphatic rings. The molecule has 0 radical (unpaired) electrons. The molecule has 1 aromatic carbocycles. The van der Waals surface area contributed by atoms with Crippen LogP contribution in [0.3, 0.4) is 0 Å². The third-order valence-electron chi connectivity index (χ3n) is 2.30. The molecule has 3 N–H and O–H groups in total. The third-order valence-corrected chi connectivity index (χ3v) is 2.30. The van der Waals surface area contributed by atoms with Gasteiger partial charge in [0.1, 0.15) is 12.2 Å². The van der Waals surface area contributed by atoms with E-state index in [0.717, 1.165) is 5.56 Å². The maximum Gasteiger partial charge on any atom is 0.320 e. The zero-order valence-corrected chi connectivity index (χ0v) is 8.48. The molecule has 1 aromatic rings. The number of alkyl halides is 1. The van der Waals surface area contributed by atoms with E-state index >= 15 is 0 Å². The molecule has 1 rings (SSSR count). The summed E-state index contributed by atoms with van der Waals surface area (Å²) in [6.45, 7) is 1.79. The number of halogens is 1. The minimum Gasteiger partial charge on any atom is -0.480 e. The molecule has 4 heteroatoms. The van der Waals surface area contributed by atoms with Crippen molar-refractivity contribution in [2.75, 3.05) is 0 Å². The highest BCUT2D eigenvalue weighted by atomic mass is 19.1. The van der Waals surface area contributed by atoms with Crippen molar-refractivity contribution >= 4 is 5.97 Å². The molecule has 0 spiro atoms. The van der Waals surface area contributed by atoms with Gasteiger partial charge in [0.25, 0.3) is 0 Å². The highest BCUT2D eigenvalue weighted by molar-refractivity contribution is 5.73. The lowest BCUT2D eigenvalue weighted by Crippen LogP contribution is -2.31. The Bertz CT molecular complexity index is 354. The zero-order valence-electron chi connectivity index (χ0n) is 8.48. The lowest BCUT2D eigenvalue weighted by molar-refractivity contribution is -0.139. The van der Waals surface area contributed by atoms with Crippen molar-refractivity contribution in [2.45, 2.75) is 25.6 Å². The third kappa shape index (κ3) is 3.02. The fourth-order valence-electron chi connectivity index (χ4n) is 1.39. The highest BCUT2D eigenvalue weighted by Crippen LogP contribution is 2.25. The van der Waals surface area contributed by atoms with Crippen LogP contribution in [0, 0.1) is 6.92 Å². The number of nitrogens with two attached hydrogens (primary N) is 1. The number of benzene rings is 1. The molecule has 0 saturated carbocycles. The fraction of sp³-hybridized carbons (Fsp3) is 0.364. The fourth-order valence-corrected chi connectivity index (χ4v) is 1.39. The Morgan fingerprint density at radius 1 is 1.53 bits per heavy atom. The second kappa shape index (κ2) is 4.89. The van der Waals surface area contributed by atoms with E-state index in [1.807, 2.05) is 6.07 Å². The van der Waals surface area contributed by atoms with Crippen LogP contribution in [0.4, 0.5) is 4.39 Å². The van der Waals surface area contributed by atoms with Crippen LogP contribution < -0.4 is 5.73 Å². The van der Waals surface area contributed by atoms with E-state index in [2.05, 4.69) is 0 Å². The van der Waals surface area contributed by atoms with Crippen molar-refractivity contribution in [3.63, 3.8) is 0 Å². The van der Waals surface area contributed by atoms with Gasteiger partial charge in [0.2, 0.25) is 0 Å². The van der Waals surface area contributed by atoms with Gasteiger partial charge in [-0.3, -0.25) is 4.79 Å². The predicted molar refractivity (Wildman–Crippen MR) is 55.3 cm³/mol. The number of aliphatic carboxylic acids is 1. The molecular formula is C11H14FNO2. The summed E-state index contributed by atoms with van der Waals surface area (Å²) >= 11 is 0. The van der Waals surface area contributed by atoms with Gasteiger partial charge in [-0.2, -0.15) is 0 Å². The van der Waals surface area contributed by atoms with Gasteiger partial charge in [-0.05, 0) is 18.1 Å². The van der Waals surface area contributed by atoms with Crippen LogP contribution in [0.25, 0.3) is 0 Å². The zero-order chi connectivity index (χ0) is 11.4. The van der Waals surface area contributed by atoms with Crippen molar-refractivity contribution in [1.29, 1.82) is 0 Å². The standard InChI is InChI=1S/C11H14FNO2/c1-7-4-2-3-5-8(7)9(12)6-10(13)11(14)15/h2-5,9-10H,6,13H2,1H3,(H,14,15). The molecule has 0 bridgehead atoms. The maximum absolute atomic E-state index is 13.7. The van der Waals surface area contributed by atoms with Crippen molar-refractivity contribution in [1.82, 2.24) is 0 Å². The summed E-state index contributed by atoms with van der Waals surface area (Å²) in [5, 5.41) is 8.56. The van der Waals surface area contributed by atoms with Crippen molar-refractivity contribution in [3.05, 3.63) is 35.4 Å². The molecule has 0 aromatic heterocycles. The monoisotopic (exact) mass is 211 g/mol. The minimum absolute atomic E-state index is 0.194. The first kappa shape index (κ1) is 11.7. The Labute approximate surface area is 87.7 Å². The Morgan fingerprint density at radius 3 is 2.67 bits per heavy atom. The summed E-state index contributed by atoms with van der Waals surface area (Å²) in [6.07, 6.45) is -1.52. The Hall–Kier alpha value is -1.42. The van der Waals surface area contributed by atoms with Gasteiger partial charge < -0.3 is 10.8 Å². The number of rotatable bonds is 4. The molecule has 0 saturated heterocycles. The molecule has 2 unspecified atom stereocenters. The van der Waals surface area contributed by atoms with Gasteiger partial charge in [0, 0.05) is 6.42 Å². The number of hydrogen-bond donors (Lipinski definition) is 2. The van der Waals surface area contributed by atoms with Crippen LogP contribution >= 0.6 is 0 Å². The maximum atomic E-state index is 13.7. The van der Waals surface area contributed by atoms with E-state index in [9.17, 15) is 9.18 Å². The van der Waals surface area contributed by atoms with Crippen molar-refractivity contribution < 1.29 is 14.3 Å². The largest absolute Gasteiger partial charge is 0.480 e. The van der Waals surface area contributed by atoms with Gasteiger partial charge in [0.05, 0.1) is 0 Å². The summed E-state index contributed by atoms with van der Waals surface area (Å²) in [7, 11) is 0. The minimum atomic E-state index is -1.32. The second-order valence-electron chi connectivity index (χ2n) is 3.50.